The van der Waals surface area contributed by atoms with Crippen LogP contribution in [0.1, 0.15) is 24.0 Å². The van der Waals surface area contributed by atoms with Crippen molar-refractivity contribution in [1.29, 1.82) is 0 Å². The molecule has 1 fully saturated rings. The summed E-state index contributed by atoms with van der Waals surface area (Å²) in [5.41, 5.74) is 2.02. The third-order valence-corrected chi connectivity index (χ3v) is 2.73. The molecule has 13 heavy (non-hydrogen) atoms. The van der Waals surface area contributed by atoms with Gasteiger partial charge >= 0.3 is 0 Å². The van der Waals surface area contributed by atoms with Gasteiger partial charge in [0.1, 0.15) is 5.82 Å². The summed E-state index contributed by atoms with van der Waals surface area (Å²) in [6, 6.07) is 4.85. The van der Waals surface area contributed by atoms with Crippen molar-refractivity contribution < 1.29 is 4.39 Å². The maximum Gasteiger partial charge on any atom is 0.123 e. The number of terminal acetylenes is 1. The van der Waals surface area contributed by atoms with Gasteiger partial charge < -0.3 is 0 Å². The van der Waals surface area contributed by atoms with E-state index in [1.165, 1.54) is 6.07 Å². The SMILES string of the molecule is C#CC1(c2ccc(F)cc2C)CC1. The zero-order chi connectivity index (χ0) is 9.47. The van der Waals surface area contributed by atoms with Crippen LogP contribution in [0.2, 0.25) is 0 Å². The van der Waals surface area contributed by atoms with Crippen LogP contribution >= 0.6 is 0 Å². The van der Waals surface area contributed by atoms with Gasteiger partial charge in [0, 0.05) is 0 Å². The van der Waals surface area contributed by atoms with Gasteiger partial charge in [-0.1, -0.05) is 12.0 Å². The lowest BCUT2D eigenvalue weighted by atomic mass is 9.93. The first-order chi connectivity index (χ1) is 6.18. The molecule has 1 aromatic carbocycles. The van der Waals surface area contributed by atoms with Gasteiger partial charge in [-0.3, -0.25) is 0 Å². The van der Waals surface area contributed by atoms with Crippen LogP contribution in [-0.4, -0.2) is 0 Å². The van der Waals surface area contributed by atoms with Gasteiger partial charge in [-0.25, -0.2) is 4.39 Å². The molecule has 0 nitrogen and oxygen atoms in total. The van der Waals surface area contributed by atoms with E-state index in [9.17, 15) is 4.39 Å². The molecule has 0 N–H and O–H groups in total. The minimum atomic E-state index is -0.186. The molecule has 0 unspecified atom stereocenters. The molecule has 0 atom stereocenters. The Balaban J connectivity index is 2.48. The van der Waals surface area contributed by atoms with Crippen molar-refractivity contribution in [3.05, 3.63) is 35.1 Å². The largest absolute Gasteiger partial charge is 0.207 e. The third-order valence-electron chi connectivity index (χ3n) is 2.73. The molecule has 0 heterocycles. The molecule has 1 aliphatic carbocycles. The molecule has 0 spiro atoms. The van der Waals surface area contributed by atoms with Crippen LogP contribution in [0.5, 0.6) is 0 Å². The zero-order valence-corrected chi connectivity index (χ0v) is 7.60. The number of aryl methyl sites for hydroxylation is 1. The Hall–Kier alpha value is -1.29. The van der Waals surface area contributed by atoms with Crippen molar-refractivity contribution in [3.8, 4) is 12.3 Å². The Morgan fingerprint density at radius 2 is 2.15 bits per heavy atom. The summed E-state index contributed by atoms with van der Waals surface area (Å²) in [6.07, 6.45) is 7.54. The fourth-order valence-electron chi connectivity index (χ4n) is 1.78. The van der Waals surface area contributed by atoms with E-state index in [2.05, 4.69) is 5.92 Å². The molecule has 1 heteroatoms. The first kappa shape index (κ1) is 8.31. The third kappa shape index (κ3) is 1.23. The van der Waals surface area contributed by atoms with Gasteiger partial charge in [0.15, 0.2) is 0 Å². The Morgan fingerprint density at radius 3 is 2.62 bits per heavy atom. The first-order valence-corrected chi connectivity index (χ1v) is 4.42. The first-order valence-electron chi connectivity index (χ1n) is 4.42. The summed E-state index contributed by atoms with van der Waals surface area (Å²) >= 11 is 0. The van der Waals surface area contributed by atoms with E-state index in [0.717, 1.165) is 24.0 Å². The smallest absolute Gasteiger partial charge is 0.123 e. The Labute approximate surface area is 77.8 Å². The number of hydrogen-bond donors (Lipinski definition) is 0. The average Bonchev–Trinajstić information content (AvgIpc) is 2.85. The maximum absolute atomic E-state index is 12.8. The fraction of sp³-hybridized carbons (Fsp3) is 0.333. The lowest BCUT2D eigenvalue weighted by Crippen LogP contribution is -2.05. The molecule has 0 aliphatic heterocycles. The number of halogens is 1. The molecule has 1 aliphatic rings. The van der Waals surface area contributed by atoms with E-state index in [1.54, 1.807) is 6.07 Å². The Kier molecular flexibility index (Phi) is 1.66. The minimum Gasteiger partial charge on any atom is -0.207 e. The molecular weight excluding hydrogens is 163 g/mol. The molecule has 2 rings (SSSR count). The topological polar surface area (TPSA) is 0 Å². The van der Waals surface area contributed by atoms with Crippen LogP contribution in [0, 0.1) is 25.1 Å². The van der Waals surface area contributed by atoms with Crippen LogP contribution in [0.15, 0.2) is 18.2 Å². The highest BCUT2D eigenvalue weighted by atomic mass is 19.1. The second kappa shape index (κ2) is 2.60. The van der Waals surface area contributed by atoms with Crippen molar-refractivity contribution >= 4 is 0 Å². The van der Waals surface area contributed by atoms with Gasteiger partial charge in [0.2, 0.25) is 0 Å². The van der Waals surface area contributed by atoms with Crippen LogP contribution < -0.4 is 0 Å². The highest BCUT2D eigenvalue weighted by Crippen LogP contribution is 2.48. The normalized spacial score (nSPS) is 17.9. The summed E-state index contributed by atoms with van der Waals surface area (Å²) in [6.45, 7) is 1.91. The van der Waals surface area contributed by atoms with Crippen molar-refractivity contribution in [2.75, 3.05) is 0 Å². The second-order valence-corrected chi connectivity index (χ2v) is 3.69. The van der Waals surface area contributed by atoms with Crippen LogP contribution in [0.25, 0.3) is 0 Å². The molecule has 0 radical (unpaired) electrons. The summed E-state index contributed by atoms with van der Waals surface area (Å²) in [5, 5.41) is 0. The van der Waals surface area contributed by atoms with Gasteiger partial charge in [-0.15, -0.1) is 6.42 Å². The predicted octanol–water partition coefficient (Wildman–Crippen LogP) is 2.80. The molecule has 0 amide bonds. The standard InChI is InChI=1S/C12H11F/c1-3-12(6-7-12)11-5-4-10(13)8-9(11)2/h1,4-5,8H,6-7H2,2H3. The van der Waals surface area contributed by atoms with E-state index in [4.69, 9.17) is 6.42 Å². The molecule has 1 aromatic rings. The average molecular weight is 174 g/mol. The summed E-state index contributed by atoms with van der Waals surface area (Å²) < 4.78 is 12.8. The van der Waals surface area contributed by atoms with Crippen LogP contribution in [0.3, 0.4) is 0 Å². The van der Waals surface area contributed by atoms with E-state index in [1.807, 2.05) is 13.0 Å². The van der Waals surface area contributed by atoms with Crippen LogP contribution in [0.4, 0.5) is 4.39 Å². The molecular formula is C12H11F. The van der Waals surface area contributed by atoms with Crippen molar-refractivity contribution in [1.82, 2.24) is 0 Å². The van der Waals surface area contributed by atoms with Crippen molar-refractivity contribution in [3.63, 3.8) is 0 Å². The lowest BCUT2D eigenvalue weighted by Gasteiger charge is -2.11. The highest BCUT2D eigenvalue weighted by Gasteiger charge is 2.43. The van der Waals surface area contributed by atoms with E-state index in [0.29, 0.717) is 0 Å². The second-order valence-electron chi connectivity index (χ2n) is 3.69. The Morgan fingerprint density at radius 1 is 1.46 bits per heavy atom. The molecule has 0 aromatic heterocycles. The monoisotopic (exact) mass is 174 g/mol. The molecule has 0 saturated heterocycles. The molecule has 0 bridgehead atoms. The predicted molar refractivity (Wildman–Crippen MR) is 50.9 cm³/mol. The van der Waals surface area contributed by atoms with Gasteiger partial charge in [-0.05, 0) is 43.0 Å². The number of benzene rings is 1. The van der Waals surface area contributed by atoms with E-state index >= 15 is 0 Å². The summed E-state index contributed by atoms with van der Waals surface area (Å²) in [5.74, 6) is 2.62. The molecule has 66 valence electrons. The van der Waals surface area contributed by atoms with Crippen molar-refractivity contribution in [2.24, 2.45) is 0 Å². The zero-order valence-electron chi connectivity index (χ0n) is 7.60. The van der Waals surface area contributed by atoms with E-state index < -0.39 is 0 Å². The minimum absolute atomic E-state index is 0.0716. The summed E-state index contributed by atoms with van der Waals surface area (Å²) in [7, 11) is 0. The fourth-order valence-corrected chi connectivity index (χ4v) is 1.78. The number of hydrogen-bond acceptors (Lipinski definition) is 0. The summed E-state index contributed by atoms with van der Waals surface area (Å²) in [4.78, 5) is 0. The van der Waals surface area contributed by atoms with Gasteiger partial charge in [0.25, 0.3) is 0 Å². The lowest BCUT2D eigenvalue weighted by molar-refractivity contribution is 0.625. The molecule has 1 saturated carbocycles. The van der Waals surface area contributed by atoms with E-state index in [-0.39, 0.29) is 11.2 Å². The highest BCUT2D eigenvalue weighted by molar-refractivity contribution is 5.45. The van der Waals surface area contributed by atoms with Gasteiger partial charge in [-0.2, -0.15) is 0 Å². The Bertz CT molecular complexity index is 381. The maximum atomic E-state index is 12.8. The number of rotatable bonds is 1. The van der Waals surface area contributed by atoms with Crippen LogP contribution in [-0.2, 0) is 5.41 Å². The quantitative estimate of drug-likeness (QED) is 0.574. The van der Waals surface area contributed by atoms with Crippen molar-refractivity contribution in [2.45, 2.75) is 25.2 Å². The van der Waals surface area contributed by atoms with Gasteiger partial charge in [0.05, 0.1) is 5.41 Å².